The lowest BCUT2D eigenvalue weighted by atomic mass is 10.1. The van der Waals surface area contributed by atoms with Crippen molar-refractivity contribution < 1.29 is 4.79 Å². The maximum atomic E-state index is 13.0. The van der Waals surface area contributed by atoms with Crippen LogP contribution in [-0.2, 0) is 4.79 Å². The Morgan fingerprint density at radius 1 is 1.00 bits per heavy atom. The highest BCUT2D eigenvalue weighted by atomic mass is 32.2. The first-order valence-corrected chi connectivity index (χ1v) is 8.88. The van der Waals surface area contributed by atoms with E-state index in [1.165, 1.54) is 11.8 Å². The normalized spacial score (nSPS) is 11.8. The highest BCUT2D eigenvalue weighted by molar-refractivity contribution is 8.00. The van der Waals surface area contributed by atoms with E-state index in [1.807, 2.05) is 62.4 Å². The van der Waals surface area contributed by atoms with E-state index >= 15 is 0 Å². The average Bonchev–Trinajstić information content (AvgIpc) is 2.64. The maximum Gasteiger partial charge on any atom is 0.242 e. The summed E-state index contributed by atoms with van der Waals surface area (Å²) in [7, 11) is 0. The molecule has 0 saturated heterocycles. The summed E-state index contributed by atoms with van der Waals surface area (Å²) in [6, 6.07) is 17.5. The molecule has 25 heavy (non-hydrogen) atoms. The molecule has 0 radical (unpaired) electrons. The molecule has 0 saturated carbocycles. The number of carbonyl (C=O) groups is 1. The fourth-order valence-electron chi connectivity index (χ4n) is 2.42. The van der Waals surface area contributed by atoms with Crippen LogP contribution in [0.4, 0.5) is 5.69 Å². The maximum absolute atomic E-state index is 13.0. The first-order chi connectivity index (χ1) is 12.1. The fourth-order valence-corrected chi connectivity index (χ4v) is 3.33. The van der Waals surface area contributed by atoms with Crippen LogP contribution in [0.15, 0.2) is 72.1 Å². The predicted octanol–water partition coefficient (Wildman–Crippen LogP) is 4.57. The third kappa shape index (κ3) is 4.45. The Hall–Kier alpha value is -2.66. The quantitative estimate of drug-likeness (QED) is 0.542. The molecule has 0 spiro atoms. The second-order valence-corrected chi connectivity index (χ2v) is 6.82. The van der Waals surface area contributed by atoms with Crippen molar-refractivity contribution in [3.63, 3.8) is 0 Å². The number of thioether (sulfide) groups is 1. The Kier molecular flexibility index (Phi) is 5.46. The third-order valence-electron chi connectivity index (χ3n) is 3.76. The molecular formula is C20H19N3OS. The zero-order chi connectivity index (χ0) is 17.6. The first kappa shape index (κ1) is 17.2. The van der Waals surface area contributed by atoms with E-state index in [0.717, 1.165) is 22.4 Å². The third-order valence-corrected chi connectivity index (χ3v) is 4.90. The molecule has 1 heterocycles. The standard InChI is InChI=1S/C20H19N3OS/c1-14-9-10-15(2)17(13-14)23-19(24)18(16-7-4-3-5-8-16)25-20-21-11-6-12-22-20/h3-13,18H,1-2H3,(H,23,24)/t18-/m0/s1. The molecule has 5 heteroatoms. The van der Waals surface area contributed by atoms with Crippen molar-refractivity contribution in [2.45, 2.75) is 24.3 Å². The van der Waals surface area contributed by atoms with Crippen LogP contribution in [0.1, 0.15) is 21.9 Å². The lowest BCUT2D eigenvalue weighted by molar-refractivity contribution is -0.115. The van der Waals surface area contributed by atoms with Gasteiger partial charge in [-0.15, -0.1) is 0 Å². The van der Waals surface area contributed by atoms with Gasteiger partial charge >= 0.3 is 0 Å². The van der Waals surface area contributed by atoms with E-state index in [2.05, 4.69) is 15.3 Å². The molecule has 0 unspecified atom stereocenters. The van der Waals surface area contributed by atoms with Crippen molar-refractivity contribution in [2.75, 3.05) is 5.32 Å². The van der Waals surface area contributed by atoms with E-state index in [0.29, 0.717) is 5.16 Å². The minimum absolute atomic E-state index is 0.0858. The molecule has 126 valence electrons. The molecule has 0 fully saturated rings. The summed E-state index contributed by atoms with van der Waals surface area (Å²) in [5.41, 5.74) is 3.89. The molecule has 0 bridgehead atoms. The van der Waals surface area contributed by atoms with E-state index in [-0.39, 0.29) is 5.91 Å². The van der Waals surface area contributed by atoms with Crippen LogP contribution >= 0.6 is 11.8 Å². The van der Waals surface area contributed by atoms with Crippen molar-refractivity contribution in [3.05, 3.63) is 83.7 Å². The summed E-state index contributed by atoms with van der Waals surface area (Å²) in [5, 5.41) is 3.20. The van der Waals surface area contributed by atoms with Gasteiger partial charge in [-0.2, -0.15) is 0 Å². The topological polar surface area (TPSA) is 54.9 Å². The molecule has 4 nitrogen and oxygen atoms in total. The molecule has 1 N–H and O–H groups in total. The van der Waals surface area contributed by atoms with E-state index in [9.17, 15) is 4.79 Å². The summed E-state index contributed by atoms with van der Waals surface area (Å²) in [4.78, 5) is 21.5. The number of hydrogen-bond donors (Lipinski definition) is 1. The van der Waals surface area contributed by atoms with Crippen LogP contribution in [0.3, 0.4) is 0 Å². The van der Waals surface area contributed by atoms with Crippen LogP contribution in [0, 0.1) is 13.8 Å². The number of rotatable bonds is 5. The predicted molar refractivity (Wildman–Crippen MR) is 102 cm³/mol. The molecule has 2 aromatic carbocycles. The molecule has 3 aromatic rings. The zero-order valence-electron chi connectivity index (χ0n) is 14.1. The van der Waals surface area contributed by atoms with E-state index < -0.39 is 5.25 Å². The first-order valence-electron chi connectivity index (χ1n) is 8.00. The van der Waals surface area contributed by atoms with Gasteiger partial charge in [0.2, 0.25) is 5.91 Å². The molecule has 0 aliphatic carbocycles. The minimum Gasteiger partial charge on any atom is -0.325 e. The average molecular weight is 349 g/mol. The molecule has 1 amide bonds. The molecule has 3 rings (SSSR count). The van der Waals surface area contributed by atoms with Gasteiger partial charge in [0.25, 0.3) is 0 Å². The Morgan fingerprint density at radius 3 is 2.44 bits per heavy atom. The van der Waals surface area contributed by atoms with E-state index in [4.69, 9.17) is 0 Å². The van der Waals surface area contributed by atoms with Gasteiger partial charge in [-0.3, -0.25) is 4.79 Å². The van der Waals surface area contributed by atoms with Crippen molar-refractivity contribution >= 4 is 23.4 Å². The van der Waals surface area contributed by atoms with Gasteiger partial charge in [0, 0.05) is 18.1 Å². The van der Waals surface area contributed by atoms with Gasteiger partial charge in [0.05, 0.1) is 0 Å². The number of aromatic nitrogens is 2. The summed E-state index contributed by atoms with van der Waals surface area (Å²) in [6.07, 6.45) is 3.36. The molecule has 0 aliphatic heterocycles. The largest absolute Gasteiger partial charge is 0.325 e. The van der Waals surface area contributed by atoms with Gasteiger partial charge in [-0.25, -0.2) is 9.97 Å². The van der Waals surface area contributed by atoms with Gasteiger partial charge in [-0.05, 0) is 42.7 Å². The Morgan fingerprint density at radius 2 is 1.72 bits per heavy atom. The summed E-state index contributed by atoms with van der Waals surface area (Å²) in [6.45, 7) is 4.00. The van der Waals surface area contributed by atoms with Crippen LogP contribution < -0.4 is 5.32 Å². The number of benzene rings is 2. The van der Waals surface area contributed by atoms with Crippen molar-refractivity contribution in [3.8, 4) is 0 Å². The smallest absolute Gasteiger partial charge is 0.242 e. The molecule has 1 atom stereocenters. The molecule has 1 aromatic heterocycles. The van der Waals surface area contributed by atoms with Crippen LogP contribution in [0.25, 0.3) is 0 Å². The monoisotopic (exact) mass is 349 g/mol. The van der Waals surface area contributed by atoms with E-state index in [1.54, 1.807) is 18.5 Å². The van der Waals surface area contributed by atoms with Gasteiger partial charge in [-0.1, -0.05) is 54.2 Å². The van der Waals surface area contributed by atoms with Crippen molar-refractivity contribution in [2.24, 2.45) is 0 Å². The highest BCUT2D eigenvalue weighted by Gasteiger charge is 2.23. The van der Waals surface area contributed by atoms with Crippen molar-refractivity contribution in [1.29, 1.82) is 0 Å². The fraction of sp³-hybridized carbons (Fsp3) is 0.150. The highest BCUT2D eigenvalue weighted by Crippen LogP contribution is 2.34. The van der Waals surface area contributed by atoms with Crippen LogP contribution in [0.5, 0.6) is 0 Å². The van der Waals surface area contributed by atoms with Crippen LogP contribution in [-0.4, -0.2) is 15.9 Å². The number of nitrogens with one attached hydrogen (secondary N) is 1. The number of anilines is 1. The number of carbonyl (C=O) groups excluding carboxylic acids is 1. The number of nitrogens with zero attached hydrogens (tertiary/aromatic N) is 2. The number of amides is 1. The molecular weight excluding hydrogens is 330 g/mol. The Balaban J connectivity index is 1.88. The second kappa shape index (κ2) is 7.94. The number of aryl methyl sites for hydroxylation is 2. The van der Waals surface area contributed by atoms with Gasteiger partial charge in [0.1, 0.15) is 5.25 Å². The molecule has 0 aliphatic rings. The summed E-state index contributed by atoms with van der Waals surface area (Å²) < 4.78 is 0. The van der Waals surface area contributed by atoms with Crippen molar-refractivity contribution in [1.82, 2.24) is 9.97 Å². The van der Waals surface area contributed by atoms with Crippen LogP contribution in [0.2, 0.25) is 0 Å². The summed E-state index contributed by atoms with van der Waals surface area (Å²) in [5.74, 6) is -0.0858. The Labute approximate surface area is 151 Å². The lowest BCUT2D eigenvalue weighted by Crippen LogP contribution is -2.20. The number of hydrogen-bond acceptors (Lipinski definition) is 4. The summed E-state index contributed by atoms with van der Waals surface area (Å²) >= 11 is 1.34. The zero-order valence-corrected chi connectivity index (χ0v) is 15.0. The Bertz CT molecular complexity index is 853. The SMILES string of the molecule is Cc1ccc(C)c(NC(=O)[C@@H](Sc2ncccn2)c2ccccc2)c1. The van der Waals surface area contributed by atoms with Gasteiger partial charge in [0.15, 0.2) is 5.16 Å². The van der Waals surface area contributed by atoms with Gasteiger partial charge < -0.3 is 5.32 Å². The second-order valence-electron chi connectivity index (χ2n) is 5.75. The minimum atomic E-state index is -0.427. The lowest BCUT2D eigenvalue weighted by Gasteiger charge is -2.17.